The first-order valence-electron chi connectivity index (χ1n) is 43.9. The summed E-state index contributed by atoms with van der Waals surface area (Å²) in [5.74, 6) is 5.51. The summed E-state index contributed by atoms with van der Waals surface area (Å²) < 4.78 is 47.0. The van der Waals surface area contributed by atoms with Crippen molar-refractivity contribution < 1.29 is 32.3 Å². The number of benzene rings is 4. The number of nitrogens with one attached hydrogen (secondary N) is 8. The Kier molecular flexibility index (Phi) is 23.7. The second-order valence-corrected chi connectivity index (χ2v) is 35.7. The summed E-state index contributed by atoms with van der Waals surface area (Å²) in [5.41, 5.74) is 9.00. The molecule has 8 aromatic heterocycles. The van der Waals surface area contributed by atoms with E-state index in [9.17, 15) is 32.3 Å². The molecule has 4 saturated carbocycles. The first-order valence-corrected chi connectivity index (χ1v) is 43.9. The lowest BCUT2D eigenvalue weighted by Crippen LogP contribution is -2.38. The van der Waals surface area contributed by atoms with Crippen LogP contribution in [0.15, 0.2) is 196 Å². The standard InChI is InChI=1S/C24H29N7O.C23H24F3N7O.2C23H27N7O/c1-4-17-5-7-18(8-6-17)30-14-20(27-15-30)24(10-11-24)29-22-25-12-9-21(28-22)31-19(16(2)3)13-26-23(31)32;1-14(2)17-11-28-21(34)33(17)19-6-9-27-20(30-19)31-22(7-8-22)18-12-32(13-29-18)16-5-3-4-15(10-16)23(24,25)26;1-15(2)18-12-25-22(31)30(18)20-8-11-24-21(27-20)28-23(9-10-23)19-13-29(14-26-19)17-6-4-16(3)5-7-17;1-15(2)18-12-25-22(31)30(18)20-7-10-24-21(27-20)28-23(8-9-23)19-13-29(14-26-19)17-6-4-5-16(3)11-17/h5-9,12,14-16,19H,4,10-11,13H2,1-3H3,(H,26,32)(H,25,28,29);3-6,9-10,12-14,17H,7-8,11H2,1-2H3,(H,28,34)(H,27,30,31);4-8,11,13-15,18H,9-10,12H2,1-3H3,(H,25,31)(H,24,27,28);4-7,10-11,13-15,18H,8-9,12H2,1-3H3,(H,25,31)(H,24,27,28)/t19-;17-;2*18-/m1111/s1. The fraction of sp³-hybridized carbons (Fsp3) is 0.398. The Labute approximate surface area is 740 Å². The first-order chi connectivity index (χ1) is 61.5. The minimum Gasteiger partial charge on any atom is -0.343 e. The van der Waals surface area contributed by atoms with Crippen LogP contribution < -0.4 is 62.1 Å². The van der Waals surface area contributed by atoms with Crippen molar-refractivity contribution in [2.75, 3.05) is 67.0 Å². The van der Waals surface area contributed by atoms with E-state index < -0.39 is 17.3 Å². The number of urea groups is 4. The van der Waals surface area contributed by atoms with Crippen LogP contribution >= 0.6 is 0 Å². The molecular formula is C93H107F3N28O4. The number of hydrogen-bond acceptors (Lipinski definition) is 20. The molecule has 4 aliphatic heterocycles. The topological polar surface area (TPSA) is 352 Å². The van der Waals surface area contributed by atoms with Gasteiger partial charge in [-0.3, -0.25) is 19.6 Å². The summed E-state index contributed by atoms with van der Waals surface area (Å²) in [4.78, 5) is 111. The Morgan fingerprint density at radius 3 is 0.938 bits per heavy atom. The van der Waals surface area contributed by atoms with Crippen LogP contribution in [-0.2, 0) is 34.8 Å². The quantitative estimate of drug-likeness (QED) is 0.0263. The molecule has 4 aromatic carbocycles. The Bertz CT molecular complexity index is 6010. The van der Waals surface area contributed by atoms with Crippen molar-refractivity contribution in [2.24, 2.45) is 23.7 Å². The van der Waals surface area contributed by atoms with Crippen LogP contribution in [0.25, 0.3) is 22.7 Å². The molecule has 8 N–H and O–H groups in total. The van der Waals surface area contributed by atoms with Gasteiger partial charge >= 0.3 is 30.3 Å². The molecule has 4 saturated heterocycles. The van der Waals surface area contributed by atoms with Gasteiger partial charge in [0, 0.05) is 98.5 Å². The highest BCUT2D eigenvalue weighted by Gasteiger charge is 2.52. The van der Waals surface area contributed by atoms with Gasteiger partial charge in [-0.2, -0.15) is 33.1 Å². The number of hydrogen-bond donors (Lipinski definition) is 8. The van der Waals surface area contributed by atoms with Crippen LogP contribution in [0, 0.1) is 37.5 Å². The molecule has 32 nitrogen and oxygen atoms in total. The molecule has 4 atom stereocenters. The number of imidazole rings is 4. The van der Waals surface area contributed by atoms with Gasteiger partial charge in [0.05, 0.1) is 100.0 Å². The number of amides is 8. The fourth-order valence-electron chi connectivity index (χ4n) is 16.7. The number of rotatable bonds is 25. The molecule has 35 heteroatoms. The maximum atomic E-state index is 13.1. The van der Waals surface area contributed by atoms with E-state index in [4.69, 9.17) is 0 Å². The molecular weight excluding hydrogens is 1630 g/mol. The van der Waals surface area contributed by atoms with E-state index in [2.05, 4.69) is 268 Å². The van der Waals surface area contributed by atoms with Gasteiger partial charge in [0.25, 0.3) is 0 Å². The third-order valence-electron chi connectivity index (χ3n) is 25.1. The summed E-state index contributed by atoms with van der Waals surface area (Å²) in [7, 11) is 0. The Morgan fingerprint density at radius 2 is 0.656 bits per heavy atom. The average Bonchev–Trinajstić information content (AvgIpc) is 1.61. The molecule has 128 heavy (non-hydrogen) atoms. The van der Waals surface area contributed by atoms with Crippen LogP contribution in [-0.4, -0.2) is 153 Å². The number of nitrogens with zero attached hydrogens (tertiary/aromatic N) is 20. The van der Waals surface area contributed by atoms with Crippen molar-refractivity contribution in [1.82, 2.24) is 99.3 Å². The van der Waals surface area contributed by atoms with Crippen molar-refractivity contribution >= 4 is 71.2 Å². The van der Waals surface area contributed by atoms with Crippen molar-refractivity contribution in [1.29, 1.82) is 0 Å². The molecule has 8 aliphatic rings. The summed E-state index contributed by atoms with van der Waals surface area (Å²) >= 11 is 0. The zero-order valence-electron chi connectivity index (χ0n) is 73.5. The molecule has 4 aliphatic carbocycles. The molecule has 12 aromatic rings. The lowest BCUT2D eigenvalue weighted by molar-refractivity contribution is -0.137. The van der Waals surface area contributed by atoms with E-state index in [1.165, 1.54) is 29.1 Å². The Hall–Kier alpha value is -13.9. The molecule has 0 bridgehead atoms. The highest BCUT2D eigenvalue weighted by molar-refractivity contribution is 5.96. The van der Waals surface area contributed by atoms with Crippen LogP contribution in [0.3, 0.4) is 0 Å². The number of aryl methyl sites for hydroxylation is 3. The smallest absolute Gasteiger partial charge is 0.343 e. The van der Waals surface area contributed by atoms with Crippen LogP contribution in [0.1, 0.15) is 159 Å². The lowest BCUT2D eigenvalue weighted by atomic mass is 10.0. The van der Waals surface area contributed by atoms with Crippen LogP contribution in [0.2, 0.25) is 0 Å². The SMILES string of the molecule is CC(C)[C@H]1CNC(=O)N1c1ccnc(NC2(c3cn(-c4cccc(C(F)(F)F)c4)cn3)CC2)n1.CCc1ccc(-n2cnc(C3(Nc4nccc(N5C(=O)NC[C@@H]5C(C)C)n4)CC3)c2)cc1.Cc1ccc(-n2cnc(C3(Nc4nccc(N5C(=O)NC[C@@H]5C(C)C)n4)CC3)c2)cc1.Cc1cccc(-n2cnc(C3(Nc4nccc(N5C(=O)NC[C@@H]5C(C)C)n4)CC3)c2)c1. The minimum absolute atomic E-state index is 0.00621. The lowest BCUT2D eigenvalue weighted by Gasteiger charge is -2.25. The zero-order chi connectivity index (χ0) is 89.6. The van der Waals surface area contributed by atoms with Gasteiger partial charge in [0.15, 0.2) is 0 Å². The first kappa shape index (κ1) is 86.2. The van der Waals surface area contributed by atoms with Gasteiger partial charge in [-0.25, -0.2) is 59.0 Å². The Morgan fingerprint density at radius 1 is 0.367 bits per heavy atom. The molecule has 8 amide bonds. The maximum Gasteiger partial charge on any atom is 0.416 e. The van der Waals surface area contributed by atoms with E-state index in [0.29, 0.717) is 102 Å². The van der Waals surface area contributed by atoms with Crippen molar-refractivity contribution in [2.45, 2.75) is 186 Å². The van der Waals surface area contributed by atoms with Gasteiger partial charge in [-0.05, 0) is 185 Å². The number of carbonyl (C=O) groups is 4. The van der Waals surface area contributed by atoms with E-state index in [-0.39, 0.29) is 70.8 Å². The third-order valence-corrected chi connectivity index (χ3v) is 25.1. The predicted octanol–water partition coefficient (Wildman–Crippen LogP) is 15.5. The van der Waals surface area contributed by atoms with Crippen molar-refractivity contribution in [3.05, 3.63) is 241 Å². The highest BCUT2D eigenvalue weighted by atomic mass is 19.4. The van der Waals surface area contributed by atoms with E-state index >= 15 is 0 Å². The van der Waals surface area contributed by atoms with Gasteiger partial charge < -0.3 is 60.8 Å². The second kappa shape index (κ2) is 35.1. The molecule has 8 fully saturated rings. The van der Waals surface area contributed by atoms with Crippen molar-refractivity contribution in [3.63, 3.8) is 0 Å². The molecule has 0 unspecified atom stereocenters. The minimum atomic E-state index is -4.41. The normalized spacial score (nSPS) is 19.5. The summed E-state index contributed by atoms with van der Waals surface area (Å²) in [6.45, 7) is 25.5. The summed E-state index contributed by atoms with van der Waals surface area (Å²) in [6, 6.07) is 37.2. The van der Waals surface area contributed by atoms with Crippen LogP contribution in [0.4, 0.5) is 79.4 Å². The monoisotopic (exact) mass is 1740 g/mol. The fourth-order valence-corrected chi connectivity index (χ4v) is 16.7. The summed E-state index contributed by atoms with van der Waals surface area (Å²) in [6.07, 6.45) is 25.7. The molecule has 12 heterocycles. The number of alkyl halides is 3. The van der Waals surface area contributed by atoms with Gasteiger partial charge in [0.1, 0.15) is 23.3 Å². The number of aromatic nitrogens is 16. The van der Waals surface area contributed by atoms with Gasteiger partial charge in [0.2, 0.25) is 23.8 Å². The molecule has 20 rings (SSSR count). The predicted molar refractivity (Wildman–Crippen MR) is 482 cm³/mol. The second-order valence-electron chi connectivity index (χ2n) is 35.7. The molecule has 0 radical (unpaired) electrons. The number of anilines is 8. The van der Waals surface area contributed by atoms with E-state index in [1.54, 1.807) is 85.5 Å². The largest absolute Gasteiger partial charge is 0.416 e. The van der Waals surface area contributed by atoms with E-state index in [0.717, 1.165) is 104 Å². The van der Waals surface area contributed by atoms with Gasteiger partial charge in [-0.1, -0.05) is 110 Å². The third kappa shape index (κ3) is 18.4. The van der Waals surface area contributed by atoms with E-state index in [1.807, 2.05) is 34.2 Å². The van der Waals surface area contributed by atoms with Gasteiger partial charge in [-0.15, -0.1) is 0 Å². The molecule has 0 spiro atoms. The average molecular weight is 1740 g/mol. The zero-order valence-corrected chi connectivity index (χ0v) is 73.5. The Balaban J connectivity index is 0.000000120. The van der Waals surface area contributed by atoms with Crippen molar-refractivity contribution in [3.8, 4) is 22.7 Å². The van der Waals surface area contributed by atoms with Crippen LogP contribution in [0.5, 0.6) is 0 Å². The number of halogens is 3. The summed E-state index contributed by atoms with van der Waals surface area (Å²) in [5, 5.41) is 25.4. The molecule has 664 valence electrons. The number of carbonyl (C=O) groups excluding carboxylic acids is 4. The highest BCUT2D eigenvalue weighted by Crippen LogP contribution is 2.51. The maximum absolute atomic E-state index is 13.1.